The number of amides is 1. The lowest BCUT2D eigenvalue weighted by Crippen LogP contribution is -2.40. The fourth-order valence-corrected chi connectivity index (χ4v) is 1.94. The van der Waals surface area contributed by atoms with E-state index in [-0.39, 0.29) is 12.5 Å². The molecule has 0 aliphatic rings. The summed E-state index contributed by atoms with van der Waals surface area (Å²) in [7, 11) is 3.78. The van der Waals surface area contributed by atoms with Crippen molar-refractivity contribution in [2.75, 3.05) is 33.7 Å². The van der Waals surface area contributed by atoms with Gasteiger partial charge in [-0.15, -0.1) is 0 Å². The van der Waals surface area contributed by atoms with Gasteiger partial charge in [0.1, 0.15) is 6.54 Å². The number of hydrogen-bond acceptors (Lipinski definition) is 3. The number of carbonyl (C=O) groups is 2. The van der Waals surface area contributed by atoms with Crippen molar-refractivity contribution in [2.45, 2.75) is 13.3 Å². The fraction of sp³-hybridized carbons (Fsp3) is 0.467. The number of carbonyl (C=O) groups excluding carboxylic acids is 1. The third kappa shape index (κ3) is 4.66. The topological polar surface area (TPSA) is 60.9 Å². The maximum absolute atomic E-state index is 12.5. The van der Waals surface area contributed by atoms with Gasteiger partial charge in [-0.1, -0.05) is 25.1 Å². The summed E-state index contributed by atoms with van der Waals surface area (Å²) in [5.41, 5.74) is 1.53. The van der Waals surface area contributed by atoms with E-state index in [0.29, 0.717) is 18.7 Å². The molecule has 0 aliphatic carbocycles. The minimum absolute atomic E-state index is 0.216. The van der Waals surface area contributed by atoms with Gasteiger partial charge in [0.05, 0.1) is 0 Å². The zero-order valence-electron chi connectivity index (χ0n) is 12.3. The summed E-state index contributed by atoms with van der Waals surface area (Å²) in [5, 5.41) is 8.96. The Morgan fingerprint density at radius 1 is 1.15 bits per heavy atom. The zero-order valence-corrected chi connectivity index (χ0v) is 12.3. The normalized spacial score (nSPS) is 10.6. The summed E-state index contributed by atoms with van der Waals surface area (Å²) in [4.78, 5) is 26.8. The van der Waals surface area contributed by atoms with E-state index in [9.17, 15) is 9.59 Å². The van der Waals surface area contributed by atoms with E-state index in [1.165, 1.54) is 4.90 Å². The van der Waals surface area contributed by atoms with E-state index in [4.69, 9.17) is 5.11 Å². The lowest BCUT2D eigenvalue weighted by molar-refractivity contribution is -0.137. The van der Waals surface area contributed by atoms with Crippen LogP contribution in [0.2, 0.25) is 0 Å². The number of hydrogen-bond donors (Lipinski definition) is 1. The van der Waals surface area contributed by atoms with Crippen LogP contribution in [-0.2, 0) is 11.2 Å². The van der Waals surface area contributed by atoms with Crippen molar-refractivity contribution in [3.8, 4) is 0 Å². The van der Waals surface area contributed by atoms with Gasteiger partial charge in [0.25, 0.3) is 5.91 Å². The average Bonchev–Trinajstić information content (AvgIpc) is 2.42. The van der Waals surface area contributed by atoms with Crippen molar-refractivity contribution in [3.63, 3.8) is 0 Å². The molecule has 0 spiro atoms. The van der Waals surface area contributed by atoms with E-state index >= 15 is 0 Å². The first-order valence-electron chi connectivity index (χ1n) is 6.69. The van der Waals surface area contributed by atoms with Crippen molar-refractivity contribution in [2.24, 2.45) is 0 Å². The number of aliphatic carboxylic acids is 1. The molecule has 0 heterocycles. The van der Waals surface area contributed by atoms with Crippen molar-refractivity contribution in [1.29, 1.82) is 0 Å². The number of carboxylic acid groups (broad SMARTS) is 1. The molecule has 0 fully saturated rings. The lowest BCUT2D eigenvalue weighted by atomic mass is 10.0. The summed E-state index contributed by atoms with van der Waals surface area (Å²) in [5.74, 6) is -1.21. The first-order chi connectivity index (χ1) is 9.45. The minimum Gasteiger partial charge on any atom is -0.480 e. The SMILES string of the molecule is CCc1ccccc1C(=O)N(CCN(C)C)CC(=O)O. The molecule has 110 valence electrons. The second-order valence-electron chi connectivity index (χ2n) is 4.93. The van der Waals surface area contributed by atoms with Crippen LogP contribution in [0.1, 0.15) is 22.8 Å². The Morgan fingerprint density at radius 2 is 1.80 bits per heavy atom. The molecule has 0 bridgehead atoms. The monoisotopic (exact) mass is 278 g/mol. The number of rotatable bonds is 7. The Balaban J connectivity index is 2.93. The van der Waals surface area contributed by atoms with Gasteiger partial charge >= 0.3 is 5.97 Å². The maximum Gasteiger partial charge on any atom is 0.323 e. The first-order valence-corrected chi connectivity index (χ1v) is 6.69. The van der Waals surface area contributed by atoms with Crippen LogP contribution in [0.15, 0.2) is 24.3 Å². The highest BCUT2D eigenvalue weighted by atomic mass is 16.4. The molecule has 1 N–H and O–H groups in total. The van der Waals surface area contributed by atoms with Crippen LogP contribution in [0.5, 0.6) is 0 Å². The third-order valence-electron chi connectivity index (χ3n) is 3.06. The minimum atomic E-state index is -0.994. The summed E-state index contributed by atoms with van der Waals surface area (Å²) in [6, 6.07) is 7.35. The molecule has 1 aromatic carbocycles. The highest BCUT2D eigenvalue weighted by Gasteiger charge is 2.20. The van der Waals surface area contributed by atoms with Gasteiger partial charge in [0.2, 0.25) is 0 Å². The van der Waals surface area contributed by atoms with E-state index in [1.54, 1.807) is 12.1 Å². The molecular weight excluding hydrogens is 256 g/mol. The zero-order chi connectivity index (χ0) is 15.1. The predicted octanol–water partition coefficient (Wildman–Crippen LogP) is 1.34. The average molecular weight is 278 g/mol. The quantitative estimate of drug-likeness (QED) is 0.817. The molecule has 0 aromatic heterocycles. The van der Waals surface area contributed by atoms with E-state index < -0.39 is 5.97 Å². The molecular formula is C15H22N2O3. The van der Waals surface area contributed by atoms with Crippen molar-refractivity contribution >= 4 is 11.9 Å². The predicted molar refractivity (Wildman–Crippen MR) is 77.9 cm³/mol. The summed E-state index contributed by atoms with van der Waals surface area (Å²) < 4.78 is 0. The molecule has 1 rings (SSSR count). The maximum atomic E-state index is 12.5. The molecule has 5 heteroatoms. The third-order valence-corrected chi connectivity index (χ3v) is 3.06. The highest BCUT2D eigenvalue weighted by molar-refractivity contribution is 5.97. The Labute approximate surface area is 119 Å². The number of benzene rings is 1. The Kier molecular flexibility index (Phi) is 6.18. The van der Waals surface area contributed by atoms with Crippen LogP contribution in [0.4, 0.5) is 0 Å². The van der Waals surface area contributed by atoms with Gasteiger partial charge in [-0.05, 0) is 32.1 Å². The van der Waals surface area contributed by atoms with Crippen molar-refractivity contribution < 1.29 is 14.7 Å². The summed E-state index contributed by atoms with van der Waals surface area (Å²) in [6.45, 7) is 2.74. The number of nitrogens with zero attached hydrogens (tertiary/aromatic N) is 2. The van der Waals surface area contributed by atoms with Gasteiger partial charge < -0.3 is 14.9 Å². The van der Waals surface area contributed by atoms with E-state index in [1.807, 2.05) is 38.1 Å². The number of aryl methyl sites for hydroxylation is 1. The van der Waals surface area contributed by atoms with Gasteiger partial charge in [0, 0.05) is 18.7 Å². The van der Waals surface area contributed by atoms with Crippen molar-refractivity contribution in [3.05, 3.63) is 35.4 Å². The smallest absolute Gasteiger partial charge is 0.323 e. The summed E-state index contributed by atoms with van der Waals surface area (Å²) in [6.07, 6.45) is 0.747. The fourth-order valence-electron chi connectivity index (χ4n) is 1.94. The molecule has 0 radical (unpaired) electrons. The van der Waals surface area contributed by atoms with Crippen LogP contribution in [0.25, 0.3) is 0 Å². The largest absolute Gasteiger partial charge is 0.480 e. The first kappa shape index (κ1) is 16.2. The summed E-state index contributed by atoms with van der Waals surface area (Å²) >= 11 is 0. The molecule has 1 aromatic rings. The van der Waals surface area contributed by atoms with Crippen LogP contribution in [0, 0.1) is 0 Å². The Bertz CT molecular complexity index is 472. The van der Waals surface area contributed by atoms with Crippen molar-refractivity contribution in [1.82, 2.24) is 9.80 Å². The highest BCUT2D eigenvalue weighted by Crippen LogP contribution is 2.12. The second-order valence-corrected chi connectivity index (χ2v) is 4.93. The number of likely N-dealkylation sites (N-methyl/N-ethyl adjacent to an activating group) is 1. The van der Waals surface area contributed by atoms with E-state index in [2.05, 4.69) is 0 Å². The van der Waals surface area contributed by atoms with Gasteiger partial charge in [-0.2, -0.15) is 0 Å². The van der Waals surface area contributed by atoms with Gasteiger partial charge in [-0.25, -0.2) is 0 Å². The van der Waals surface area contributed by atoms with Gasteiger partial charge in [-0.3, -0.25) is 9.59 Å². The van der Waals surface area contributed by atoms with Crippen LogP contribution < -0.4 is 0 Å². The molecule has 5 nitrogen and oxygen atoms in total. The Hall–Kier alpha value is -1.88. The molecule has 0 aliphatic heterocycles. The number of carboxylic acids is 1. The molecule has 20 heavy (non-hydrogen) atoms. The molecule has 1 amide bonds. The van der Waals surface area contributed by atoms with Gasteiger partial charge in [0.15, 0.2) is 0 Å². The Morgan fingerprint density at radius 3 is 2.35 bits per heavy atom. The van der Waals surface area contributed by atoms with Crippen LogP contribution in [0.3, 0.4) is 0 Å². The molecule has 0 saturated heterocycles. The molecule has 0 saturated carbocycles. The van der Waals surface area contributed by atoms with Crippen LogP contribution in [-0.4, -0.2) is 60.5 Å². The van der Waals surface area contributed by atoms with E-state index in [0.717, 1.165) is 12.0 Å². The standard InChI is InChI=1S/C15H22N2O3/c1-4-12-7-5-6-8-13(12)15(20)17(11-14(18)19)10-9-16(2)3/h5-8H,4,9-11H2,1-3H3,(H,18,19). The van der Waals surface area contributed by atoms with Crippen LogP contribution >= 0.6 is 0 Å². The molecule has 0 atom stereocenters. The molecule has 0 unspecified atom stereocenters. The lowest BCUT2D eigenvalue weighted by Gasteiger charge is -2.23. The second kappa shape index (κ2) is 7.65.